The molecule has 15 heavy (non-hydrogen) atoms. The van der Waals surface area contributed by atoms with Crippen LogP contribution >= 0.6 is 0 Å². The third-order valence-corrected chi connectivity index (χ3v) is 3.60. The van der Waals surface area contributed by atoms with Gasteiger partial charge in [-0.25, -0.2) is 0 Å². The van der Waals surface area contributed by atoms with Gasteiger partial charge in [-0.3, -0.25) is 0 Å². The molecule has 1 N–H and O–H groups in total. The lowest BCUT2D eigenvalue weighted by Gasteiger charge is -2.36. The van der Waals surface area contributed by atoms with E-state index in [0.29, 0.717) is 17.8 Å². The Balaban J connectivity index is 1.99. The maximum Gasteiger partial charge on any atom is 0.112 e. The smallest absolute Gasteiger partial charge is 0.112 e. The van der Waals surface area contributed by atoms with Gasteiger partial charge < -0.3 is 9.84 Å². The molecular weight excluding hydrogens is 188 g/mol. The van der Waals surface area contributed by atoms with E-state index in [4.69, 9.17) is 4.74 Å². The average molecular weight is 204 g/mol. The SMILES string of the molecule is OC1=CC2COC3CCCCC3=C2C=C1. The molecule has 2 nitrogen and oxygen atoms in total. The van der Waals surface area contributed by atoms with Crippen molar-refractivity contribution in [3.05, 3.63) is 35.1 Å². The molecule has 1 fully saturated rings. The standard InChI is InChI=1S/C13H16O2/c14-10-5-6-11-9(7-10)8-15-13-4-2-1-3-12(11)13/h5-7,9,13-14H,1-4,8H2. The molecule has 0 amide bonds. The Hall–Kier alpha value is -1.02. The summed E-state index contributed by atoms with van der Waals surface area (Å²) in [5, 5.41) is 9.44. The Bertz CT molecular complexity index is 363. The molecule has 2 aliphatic carbocycles. The van der Waals surface area contributed by atoms with Gasteiger partial charge >= 0.3 is 0 Å². The molecule has 2 heteroatoms. The van der Waals surface area contributed by atoms with Gasteiger partial charge in [-0.1, -0.05) is 12.5 Å². The van der Waals surface area contributed by atoms with Crippen molar-refractivity contribution < 1.29 is 9.84 Å². The Morgan fingerprint density at radius 3 is 3.13 bits per heavy atom. The number of hydrogen-bond donors (Lipinski definition) is 1. The maximum atomic E-state index is 9.44. The number of fused-ring (bicyclic) bond motifs is 2. The molecule has 2 unspecified atom stereocenters. The van der Waals surface area contributed by atoms with Gasteiger partial charge in [0.25, 0.3) is 0 Å². The van der Waals surface area contributed by atoms with Crippen LogP contribution in [0.4, 0.5) is 0 Å². The molecule has 1 aliphatic heterocycles. The summed E-state index contributed by atoms with van der Waals surface area (Å²) in [4.78, 5) is 0. The summed E-state index contributed by atoms with van der Waals surface area (Å²) in [6.45, 7) is 0.734. The van der Waals surface area contributed by atoms with Gasteiger partial charge in [-0.15, -0.1) is 0 Å². The average Bonchev–Trinajstić information content (AvgIpc) is 2.28. The normalized spacial score (nSPS) is 34.5. The second-order valence-corrected chi connectivity index (χ2v) is 4.58. The summed E-state index contributed by atoms with van der Waals surface area (Å²) >= 11 is 0. The molecule has 80 valence electrons. The quantitative estimate of drug-likeness (QED) is 0.657. The zero-order chi connectivity index (χ0) is 10.3. The van der Waals surface area contributed by atoms with Crippen LogP contribution < -0.4 is 0 Å². The summed E-state index contributed by atoms with van der Waals surface area (Å²) in [5.41, 5.74) is 2.89. The zero-order valence-electron chi connectivity index (χ0n) is 8.78. The number of hydrogen-bond acceptors (Lipinski definition) is 2. The highest BCUT2D eigenvalue weighted by Crippen LogP contribution is 2.38. The highest BCUT2D eigenvalue weighted by atomic mass is 16.5. The largest absolute Gasteiger partial charge is 0.508 e. The first-order chi connectivity index (χ1) is 7.34. The van der Waals surface area contributed by atoms with E-state index in [1.54, 1.807) is 6.08 Å². The topological polar surface area (TPSA) is 29.5 Å². The van der Waals surface area contributed by atoms with Crippen molar-refractivity contribution in [3.8, 4) is 0 Å². The molecular formula is C13H16O2. The Labute approximate surface area is 89.9 Å². The maximum absolute atomic E-state index is 9.44. The predicted molar refractivity (Wildman–Crippen MR) is 58.6 cm³/mol. The first-order valence-corrected chi connectivity index (χ1v) is 5.78. The number of aliphatic hydroxyl groups is 1. The first-order valence-electron chi connectivity index (χ1n) is 5.78. The number of allylic oxidation sites excluding steroid dienone is 2. The van der Waals surface area contributed by atoms with Gasteiger partial charge in [-0.2, -0.15) is 0 Å². The first kappa shape index (κ1) is 9.22. The van der Waals surface area contributed by atoms with Gasteiger partial charge in [0.1, 0.15) is 5.76 Å². The van der Waals surface area contributed by atoms with Gasteiger partial charge in [0.15, 0.2) is 0 Å². The van der Waals surface area contributed by atoms with Crippen LogP contribution in [0.1, 0.15) is 25.7 Å². The van der Waals surface area contributed by atoms with Gasteiger partial charge in [0.2, 0.25) is 0 Å². The van der Waals surface area contributed by atoms with Crippen molar-refractivity contribution in [1.29, 1.82) is 0 Å². The van der Waals surface area contributed by atoms with Crippen LogP contribution in [0.3, 0.4) is 0 Å². The fourth-order valence-corrected chi connectivity index (χ4v) is 2.85. The van der Waals surface area contributed by atoms with Crippen LogP contribution in [0.5, 0.6) is 0 Å². The second kappa shape index (κ2) is 3.53. The molecule has 0 spiro atoms. The molecule has 0 aromatic carbocycles. The Kier molecular flexibility index (Phi) is 2.17. The van der Waals surface area contributed by atoms with Crippen molar-refractivity contribution in [3.63, 3.8) is 0 Å². The van der Waals surface area contributed by atoms with Gasteiger partial charge in [0, 0.05) is 5.92 Å². The van der Waals surface area contributed by atoms with Crippen molar-refractivity contribution in [2.24, 2.45) is 5.92 Å². The van der Waals surface area contributed by atoms with E-state index >= 15 is 0 Å². The highest BCUT2D eigenvalue weighted by molar-refractivity contribution is 5.41. The summed E-state index contributed by atoms with van der Waals surface area (Å²) in [6.07, 6.45) is 11.1. The third-order valence-electron chi connectivity index (χ3n) is 3.60. The zero-order valence-corrected chi connectivity index (χ0v) is 8.78. The Morgan fingerprint density at radius 2 is 2.20 bits per heavy atom. The van der Waals surface area contributed by atoms with Gasteiger partial charge in [-0.05, 0) is 42.6 Å². The van der Waals surface area contributed by atoms with E-state index in [9.17, 15) is 5.11 Å². The van der Waals surface area contributed by atoms with Crippen LogP contribution in [-0.4, -0.2) is 17.8 Å². The predicted octanol–water partition coefficient (Wildman–Crippen LogP) is 2.88. The molecule has 1 saturated carbocycles. The van der Waals surface area contributed by atoms with E-state index < -0.39 is 0 Å². The van der Waals surface area contributed by atoms with Crippen LogP contribution in [0.25, 0.3) is 0 Å². The summed E-state index contributed by atoms with van der Waals surface area (Å²) in [7, 11) is 0. The van der Waals surface area contributed by atoms with E-state index in [1.165, 1.54) is 36.8 Å². The lowest BCUT2D eigenvalue weighted by atomic mass is 9.80. The summed E-state index contributed by atoms with van der Waals surface area (Å²) in [6, 6.07) is 0. The molecule has 0 aromatic heterocycles. The van der Waals surface area contributed by atoms with E-state index in [1.807, 2.05) is 6.08 Å². The number of aliphatic hydroxyl groups excluding tert-OH is 1. The molecule has 3 rings (SSSR count). The summed E-state index contributed by atoms with van der Waals surface area (Å²) in [5.74, 6) is 0.668. The van der Waals surface area contributed by atoms with E-state index in [0.717, 1.165) is 6.61 Å². The monoisotopic (exact) mass is 204 g/mol. The minimum Gasteiger partial charge on any atom is -0.508 e. The van der Waals surface area contributed by atoms with Crippen molar-refractivity contribution >= 4 is 0 Å². The lowest BCUT2D eigenvalue weighted by molar-refractivity contribution is 0.0359. The fraction of sp³-hybridized carbons (Fsp3) is 0.538. The van der Waals surface area contributed by atoms with Crippen molar-refractivity contribution in [1.82, 2.24) is 0 Å². The highest BCUT2D eigenvalue weighted by Gasteiger charge is 2.31. The molecule has 0 bridgehead atoms. The van der Waals surface area contributed by atoms with Crippen molar-refractivity contribution in [2.45, 2.75) is 31.8 Å². The summed E-state index contributed by atoms with van der Waals surface area (Å²) < 4.78 is 5.85. The molecule has 3 aliphatic rings. The third kappa shape index (κ3) is 1.53. The number of ether oxygens (including phenoxy) is 1. The number of rotatable bonds is 0. The van der Waals surface area contributed by atoms with E-state index in [-0.39, 0.29) is 0 Å². The van der Waals surface area contributed by atoms with Crippen LogP contribution in [-0.2, 0) is 4.74 Å². The lowest BCUT2D eigenvalue weighted by Crippen LogP contribution is -2.31. The fourth-order valence-electron chi connectivity index (χ4n) is 2.85. The van der Waals surface area contributed by atoms with Crippen molar-refractivity contribution in [2.75, 3.05) is 6.61 Å². The molecule has 0 aromatic rings. The van der Waals surface area contributed by atoms with Crippen LogP contribution in [0, 0.1) is 5.92 Å². The minimum atomic E-state index is 0.291. The van der Waals surface area contributed by atoms with Gasteiger partial charge in [0.05, 0.1) is 12.7 Å². The molecule has 0 radical (unpaired) electrons. The van der Waals surface area contributed by atoms with E-state index in [2.05, 4.69) is 6.08 Å². The molecule has 0 saturated heterocycles. The molecule has 2 atom stereocenters. The van der Waals surface area contributed by atoms with Crippen LogP contribution in [0.2, 0.25) is 0 Å². The van der Waals surface area contributed by atoms with Crippen LogP contribution in [0.15, 0.2) is 35.1 Å². The Morgan fingerprint density at radius 1 is 1.27 bits per heavy atom. The molecule has 1 heterocycles. The minimum absolute atomic E-state index is 0.291. The second-order valence-electron chi connectivity index (χ2n) is 4.58.